The molecule has 2 heteroatoms. The molecule has 2 saturated carbocycles. The van der Waals surface area contributed by atoms with Gasteiger partial charge in [0.1, 0.15) is 0 Å². The number of ether oxygens (including phenoxy) is 2. The van der Waals surface area contributed by atoms with E-state index in [1.165, 1.54) is 80.8 Å². The third kappa shape index (κ3) is 5.60. The first-order valence-corrected chi connectivity index (χ1v) is 13.9. The quantitative estimate of drug-likeness (QED) is 0.208. The normalized spacial score (nSPS) is 22.3. The van der Waals surface area contributed by atoms with Gasteiger partial charge in [0.2, 0.25) is 0 Å². The van der Waals surface area contributed by atoms with Gasteiger partial charge in [-0.15, -0.1) is 0 Å². The van der Waals surface area contributed by atoms with E-state index in [2.05, 4.69) is 74.5 Å². The number of hydrogen-bond donors (Lipinski definition) is 0. The Morgan fingerprint density at radius 1 is 0.618 bits per heavy atom. The fourth-order valence-electron chi connectivity index (χ4n) is 6.17. The van der Waals surface area contributed by atoms with Gasteiger partial charge >= 0.3 is 0 Å². The van der Waals surface area contributed by atoms with Crippen LogP contribution in [0.1, 0.15) is 95.6 Å². The van der Waals surface area contributed by atoms with Crippen LogP contribution < -0.4 is 0 Å². The minimum absolute atomic E-state index is 0.504. The van der Waals surface area contributed by atoms with Crippen LogP contribution in [0.15, 0.2) is 60.7 Å². The van der Waals surface area contributed by atoms with Crippen LogP contribution in [-0.4, -0.2) is 19.0 Å². The molecule has 2 radical (unpaired) electrons. The zero-order valence-electron chi connectivity index (χ0n) is 21.4. The van der Waals surface area contributed by atoms with Crippen molar-refractivity contribution in [2.45, 2.75) is 90.3 Å². The van der Waals surface area contributed by atoms with Crippen LogP contribution in [0.3, 0.4) is 0 Å². The third-order valence-electron chi connectivity index (χ3n) is 7.74. The van der Waals surface area contributed by atoms with Crippen LogP contribution in [0.25, 0.3) is 0 Å². The first kappa shape index (κ1) is 25.5. The second kappa shape index (κ2) is 12.9. The van der Waals surface area contributed by atoms with Gasteiger partial charge < -0.3 is 9.47 Å². The lowest BCUT2D eigenvalue weighted by Gasteiger charge is -2.41. The van der Waals surface area contributed by atoms with Crippen LogP contribution in [0.4, 0.5) is 0 Å². The summed E-state index contributed by atoms with van der Waals surface area (Å²) in [5, 5.41) is 0. The molecule has 0 aliphatic heterocycles. The second-order valence-corrected chi connectivity index (χ2v) is 10.1. The molecular weight excluding hydrogens is 416 g/mol. The predicted octanol–water partition coefficient (Wildman–Crippen LogP) is 8.55. The highest BCUT2D eigenvalue weighted by Gasteiger charge is 2.64. The summed E-state index contributed by atoms with van der Waals surface area (Å²) in [6, 6.07) is 22.0. The molecule has 2 nitrogen and oxygen atoms in total. The van der Waals surface area contributed by atoms with Gasteiger partial charge in [-0.25, -0.2) is 0 Å². The lowest BCUT2D eigenvalue weighted by atomic mass is 9.82. The van der Waals surface area contributed by atoms with Crippen LogP contribution in [0, 0.1) is 23.7 Å². The standard InChI is InChI=1S/C32H44O2/c1-3-5-7-15-24-33-32(34-25-16-8-6-4-2)30(26-18-11-9-12-19-26)28-22-17-23-29(28)31(32)27-20-13-10-14-21-27/h9-14,18-21,28-29H,3-8,15-17,22-25H2,1-2H3/t28-,29+. The molecule has 2 fully saturated rings. The molecule has 0 unspecified atom stereocenters. The number of fused-ring (bicyclic) bond motifs is 1. The average Bonchev–Trinajstić information content (AvgIpc) is 3.43. The lowest BCUT2D eigenvalue weighted by molar-refractivity contribution is -0.207. The number of hydrogen-bond acceptors (Lipinski definition) is 2. The molecule has 0 heterocycles. The van der Waals surface area contributed by atoms with E-state index in [4.69, 9.17) is 9.47 Å². The van der Waals surface area contributed by atoms with E-state index in [1.807, 2.05) is 0 Å². The Bertz CT molecular complexity index is 748. The molecule has 0 saturated heterocycles. The summed E-state index contributed by atoms with van der Waals surface area (Å²) in [4.78, 5) is 0. The summed E-state index contributed by atoms with van der Waals surface area (Å²) >= 11 is 0. The van der Waals surface area contributed by atoms with Crippen molar-refractivity contribution in [1.82, 2.24) is 0 Å². The highest BCUT2D eigenvalue weighted by molar-refractivity contribution is 5.53. The molecular formula is C32H44O2. The molecule has 184 valence electrons. The van der Waals surface area contributed by atoms with Crippen molar-refractivity contribution in [3.05, 3.63) is 83.6 Å². The molecule has 0 spiro atoms. The molecule has 2 aromatic rings. The fourth-order valence-corrected chi connectivity index (χ4v) is 6.17. The van der Waals surface area contributed by atoms with Gasteiger partial charge in [-0.1, -0.05) is 119 Å². The average molecular weight is 461 g/mol. The maximum absolute atomic E-state index is 7.02. The van der Waals surface area contributed by atoms with Crippen molar-refractivity contribution >= 4 is 0 Å². The van der Waals surface area contributed by atoms with Crippen molar-refractivity contribution in [3.63, 3.8) is 0 Å². The van der Waals surface area contributed by atoms with E-state index in [0.29, 0.717) is 11.8 Å². The highest BCUT2D eigenvalue weighted by Crippen LogP contribution is 2.64. The van der Waals surface area contributed by atoms with Crippen molar-refractivity contribution in [1.29, 1.82) is 0 Å². The minimum atomic E-state index is -0.739. The van der Waals surface area contributed by atoms with Crippen LogP contribution in [0.2, 0.25) is 0 Å². The molecule has 2 aliphatic carbocycles. The van der Waals surface area contributed by atoms with Gasteiger partial charge in [-0.05, 0) is 48.6 Å². The van der Waals surface area contributed by atoms with E-state index in [9.17, 15) is 0 Å². The first-order chi connectivity index (χ1) is 16.8. The van der Waals surface area contributed by atoms with Gasteiger partial charge in [0, 0.05) is 0 Å². The summed E-state index contributed by atoms with van der Waals surface area (Å²) in [5.41, 5.74) is 2.60. The molecule has 0 amide bonds. The summed E-state index contributed by atoms with van der Waals surface area (Å²) < 4.78 is 14.0. The molecule has 0 aromatic heterocycles. The summed E-state index contributed by atoms with van der Waals surface area (Å²) in [6.07, 6.45) is 13.4. The first-order valence-electron chi connectivity index (χ1n) is 13.9. The molecule has 0 bridgehead atoms. The van der Waals surface area contributed by atoms with E-state index in [1.54, 1.807) is 0 Å². The fraction of sp³-hybridized carbons (Fsp3) is 0.562. The number of rotatable bonds is 14. The maximum atomic E-state index is 7.02. The van der Waals surface area contributed by atoms with E-state index in [-0.39, 0.29) is 0 Å². The third-order valence-corrected chi connectivity index (χ3v) is 7.74. The Kier molecular flexibility index (Phi) is 9.65. The van der Waals surface area contributed by atoms with Crippen molar-refractivity contribution in [2.75, 3.05) is 13.2 Å². The summed E-state index contributed by atoms with van der Waals surface area (Å²) in [5.74, 6) is 3.05. The van der Waals surface area contributed by atoms with E-state index >= 15 is 0 Å². The van der Waals surface area contributed by atoms with Crippen molar-refractivity contribution in [2.24, 2.45) is 11.8 Å². The minimum Gasteiger partial charge on any atom is -0.348 e. The summed E-state index contributed by atoms with van der Waals surface area (Å²) in [6.45, 7) is 6.03. The van der Waals surface area contributed by atoms with Crippen LogP contribution >= 0.6 is 0 Å². The molecule has 4 rings (SSSR count). The lowest BCUT2D eigenvalue weighted by Crippen LogP contribution is -2.46. The molecule has 2 aromatic carbocycles. The van der Waals surface area contributed by atoms with E-state index < -0.39 is 5.79 Å². The Balaban J connectivity index is 1.71. The zero-order chi connectivity index (χ0) is 23.6. The van der Waals surface area contributed by atoms with Crippen molar-refractivity contribution < 1.29 is 9.47 Å². The topological polar surface area (TPSA) is 18.5 Å². The largest absolute Gasteiger partial charge is 0.348 e. The van der Waals surface area contributed by atoms with Gasteiger partial charge in [0.25, 0.3) is 0 Å². The highest BCUT2D eigenvalue weighted by atomic mass is 16.7. The molecule has 2 aliphatic rings. The monoisotopic (exact) mass is 460 g/mol. The number of benzene rings is 2. The van der Waals surface area contributed by atoms with Crippen LogP contribution in [-0.2, 0) is 9.47 Å². The molecule has 34 heavy (non-hydrogen) atoms. The Hall–Kier alpha value is -1.64. The van der Waals surface area contributed by atoms with Gasteiger partial charge in [-0.3, -0.25) is 0 Å². The zero-order valence-corrected chi connectivity index (χ0v) is 21.4. The summed E-state index contributed by atoms with van der Waals surface area (Å²) in [7, 11) is 0. The number of unbranched alkanes of at least 4 members (excludes halogenated alkanes) is 6. The Morgan fingerprint density at radius 3 is 1.47 bits per heavy atom. The molecule has 2 atom stereocenters. The van der Waals surface area contributed by atoms with Gasteiger partial charge in [0.05, 0.1) is 25.0 Å². The van der Waals surface area contributed by atoms with Crippen molar-refractivity contribution in [3.8, 4) is 0 Å². The van der Waals surface area contributed by atoms with Crippen LogP contribution in [0.5, 0.6) is 0 Å². The maximum Gasteiger partial charge on any atom is 0.190 e. The van der Waals surface area contributed by atoms with E-state index in [0.717, 1.165) is 26.1 Å². The Morgan fingerprint density at radius 2 is 1.06 bits per heavy atom. The smallest absolute Gasteiger partial charge is 0.190 e. The van der Waals surface area contributed by atoms with Gasteiger partial charge in [-0.2, -0.15) is 0 Å². The molecule has 0 N–H and O–H groups in total. The second-order valence-electron chi connectivity index (χ2n) is 10.1. The predicted molar refractivity (Wildman–Crippen MR) is 141 cm³/mol. The Labute approximate surface area is 208 Å². The SMILES string of the molecule is CCCCCCOC1(OCCCCCC)[C](c2ccccc2)[C@H]2CCC[C@H]2[C]1c1ccccc1. The van der Waals surface area contributed by atoms with Gasteiger partial charge in [0.15, 0.2) is 5.79 Å².